The molecular weight excluding hydrogens is 185 g/mol. The molecule has 0 aliphatic heterocycles. The van der Waals surface area contributed by atoms with Crippen LogP contribution in [0.25, 0.3) is 0 Å². The van der Waals surface area contributed by atoms with Crippen LogP contribution in [0.2, 0.25) is 0 Å². The third-order valence-corrected chi connectivity index (χ3v) is 1.88. The lowest BCUT2D eigenvalue weighted by atomic mass is 10.0. The van der Waals surface area contributed by atoms with Crippen molar-refractivity contribution in [2.45, 2.75) is 19.4 Å². The predicted octanol–water partition coefficient (Wildman–Crippen LogP) is 1.09. The highest BCUT2D eigenvalue weighted by atomic mass is 19.1. The van der Waals surface area contributed by atoms with Crippen LogP contribution in [0.1, 0.15) is 12.5 Å². The van der Waals surface area contributed by atoms with Gasteiger partial charge in [-0.3, -0.25) is 4.79 Å². The normalized spacial score (nSPS) is 13.4. The number of carboxylic acids is 1. The van der Waals surface area contributed by atoms with Crippen LogP contribution in [-0.2, 0) is 11.2 Å². The molecule has 0 unspecified atom stereocenters. The smallest absolute Gasteiger partial charge is 0.320 e. The van der Waals surface area contributed by atoms with Gasteiger partial charge < -0.3 is 10.8 Å². The van der Waals surface area contributed by atoms with Gasteiger partial charge in [0.05, 0.1) is 0 Å². The quantitative estimate of drug-likeness (QED) is 0.764. The maximum atomic E-state index is 13.0. The van der Waals surface area contributed by atoms with Crippen LogP contribution >= 0.6 is 0 Å². The Kier molecular flexibility index (Phi) is 2.74. The molecule has 1 rings (SSSR count). The Bertz CT molecular complexity index is 370. The van der Waals surface area contributed by atoms with E-state index in [0.29, 0.717) is 5.56 Å². The average Bonchev–Trinajstić information content (AvgIpc) is 2.20. The first kappa shape index (κ1) is 9.15. The number of halogens is 1. The highest BCUT2D eigenvalue weighted by molar-refractivity contribution is 5.73. The summed E-state index contributed by atoms with van der Waals surface area (Å²) in [7, 11) is 0. The maximum Gasteiger partial charge on any atom is 0.320 e. The summed E-state index contributed by atoms with van der Waals surface area (Å²) >= 11 is 0. The van der Waals surface area contributed by atoms with Gasteiger partial charge >= 0.3 is 5.97 Å². The van der Waals surface area contributed by atoms with Gasteiger partial charge in [-0.2, -0.15) is 0 Å². The molecule has 0 saturated carbocycles. The molecule has 0 bridgehead atoms. The van der Waals surface area contributed by atoms with E-state index in [1.165, 1.54) is 18.2 Å². The molecule has 0 amide bonds. The number of carbonyl (C=O) groups is 1. The van der Waals surface area contributed by atoms with E-state index in [2.05, 4.69) is 0 Å². The monoisotopic (exact) mass is 198 g/mol. The molecule has 0 fully saturated rings. The Morgan fingerprint density at radius 1 is 1.79 bits per heavy atom. The first-order chi connectivity index (χ1) is 7.04. The van der Waals surface area contributed by atoms with Crippen molar-refractivity contribution in [2.24, 2.45) is 5.73 Å². The minimum atomic E-state index is -1.09. The lowest BCUT2D eigenvalue weighted by molar-refractivity contribution is -0.138. The summed E-state index contributed by atoms with van der Waals surface area (Å²) in [5.74, 6) is -1.54. The molecule has 0 aliphatic carbocycles. The Hall–Kier alpha value is -1.42. The number of hydrogen-bond donors (Lipinski definition) is 2. The molecular formula is C10H12FNO2. The summed E-state index contributed by atoms with van der Waals surface area (Å²) < 4.78 is 20.1. The Balaban J connectivity index is 2.83. The van der Waals surface area contributed by atoms with Crippen LogP contribution in [0.5, 0.6) is 0 Å². The van der Waals surface area contributed by atoms with E-state index in [0.717, 1.165) is 0 Å². The van der Waals surface area contributed by atoms with Gasteiger partial charge in [0, 0.05) is 1.37 Å². The molecule has 0 saturated heterocycles. The molecule has 0 spiro atoms. The molecule has 1 aromatic carbocycles. The first-order valence-electron chi connectivity index (χ1n) is 4.80. The van der Waals surface area contributed by atoms with E-state index in [-0.39, 0.29) is 18.9 Å². The molecule has 0 aromatic heterocycles. The van der Waals surface area contributed by atoms with E-state index < -0.39 is 17.8 Å². The minimum Gasteiger partial charge on any atom is -0.480 e. The number of aryl methyl sites for hydroxylation is 1. The van der Waals surface area contributed by atoms with Gasteiger partial charge in [0.25, 0.3) is 0 Å². The molecule has 1 atom stereocenters. The van der Waals surface area contributed by atoms with Crippen LogP contribution < -0.4 is 5.73 Å². The first-order valence-corrected chi connectivity index (χ1v) is 4.09. The Morgan fingerprint density at radius 2 is 2.50 bits per heavy atom. The zero-order chi connectivity index (χ0) is 11.4. The van der Waals surface area contributed by atoms with Crippen molar-refractivity contribution in [3.05, 3.63) is 35.1 Å². The van der Waals surface area contributed by atoms with Gasteiger partial charge in [-0.15, -0.1) is 0 Å². The number of aliphatic carboxylic acids is 1. The third-order valence-electron chi connectivity index (χ3n) is 1.88. The minimum absolute atomic E-state index is 0.141. The van der Waals surface area contributed by atoms with Crippen molar-refractivity contribution in [3.8, 4) is 0 Å². The van der Waals surface area contributed by atoms with Crippen molar-refractivity contribution >= 4 is 5.97 Å². The second-order valence-corrected chi connectivity index (χ2v) is 3.07. The molecule has 3 N–H and O–H groups in total. The fourth-order valence-corrected chi connectivity index (χ4v) is 1.10. The largest absolute Gasteiger partial charge is 0.480 e. The van der Waals surface area contributed by atoms with Crippen molar-refractivity contribution in [3.63, 3.8) is 0 Å². The fraction of sp³-hybridized carbons (Fsp3) is 0.300. The van der Waals surface area contributed by atoms with Gasteiger partial charge in [0.1, 0.15) is 11.9 Å². The zero-order valence-electron chi connectivity index (χ0n) is 8.53. The highest BCUT2D eigenvalue weighted by Gasteiger charge is 2.12. The molecule has 1 aromatic rings. The second kappa shape index (κ2) is 4.19. The zero-order valence-corrected chi connectivity index (χ0v) is 7.53. The topological polar surface area (TPSA) is 63.3 Å². The Morgan fingerprint density at radius 3 is 3.07 bits per heavy atom. The van der Waals surface area contributed by atoms with Gasteiger partial charge in [0.15, 0.2) is 0 Å². The molecule has 76 valence electrons. The third kappa shape index (κ3) is 2.53. The van der Waals surface area contributed by atoms with E-state index in [4.69, 9.17) is 12.2 Å². The van der Waals surface area contributed by atoms with E-state index >= 15 is 0 Å². The van der Waals surface area contributed by atoms with E-state index in [1.54, 1.807) is 0 Å². The van der Waals surface area contributed by atoms with Gasteiger partial charge in [-0.25, -0.2) is 4.39 Å². The lowest BCUT2D eigenvalue weighted by Gasteiger charge is -2.07. The summed E-state index contributed by atoms with van der Waals surface area (Å²) in [6.45, 7) is -0.165. The lowest BCUT2D eigenvalue weighted by Crippen LogP contribution is -2.32. The van der Waals surface area contributed by atoms with Crippen molar-refractivity contribution in [1.29, 1.82) is 0 Å². The number of nitrogens with two attached hydrogens (primary N) is 1. The molecule has 0 radical (unpaired) electrons. The van der Waals surface area contributed by atoms with Crippen molar-refractivity contribution < 1.29 is 15.7 Å². The molecule has 0 aliphatic rings. The van der Waals surface area contributed by atoms with Crippen LogP contribution in [-0.4, -0.2) is 17.1 Å². The fourth-order valence-electron chi connectivity index (χ4n) is 1.10. The summed E-state index contributed by atoms with van der Waals surface area (Å²) in [5.41, 5.74) is 6.23. The Labute approximate surface area is 82.8 Å². The van der Waals surface area contributed by atoms with Crippen LogP contribution in [0.4, 0.5) is 4.39 Å². The molecule has 14 heavy (non-hydrogen) atoms. The summed E-state index contributed by atoms with van der Waals surface area (Å²) in [5, 5.41) is 8.59. The van der Waals surface area contributed by atoms with Gasteiger partial charge in [0.2, 0.25) is 0 Å². The molecule has 4 heteroatoms. The number of hydrogen-bond acceptors (Lipinski definition) is 2. The van der Waals surface area contributed by atoms with Crippen molar-refractivity contribution in [1.82, 2.24) is 0 Å². The highest BCUT2D eigenvalue weighted by Crippen LogP contribution is 2.10. The average molecular weight is 198 g/mol. The number of rotatable bonds is 3. The summed E-state index contributed by atoms with van der Waals surface area (Å²) in [4.78, 5) is 10.5. The van der Waals surface area contributed by atoms with Gasteiger partial charge in [-0.1, -0.05) is 12.1 Å². The number of carboxylic acid groups (broad SMARTS) is 1. The van der Waals surface area contributed by atoms with Crippen LogP contribution in [0.15, 0.2) is 18.2 Å². The predicted molar refractivity (Wildman–Crippen MR) is 50.5 cm³/mol. The molecule has 0 heterocycles. The van der Waals surface area contributed by atoms with Crippen molar-refractivity contribution in [2.75, 3.05) is 0 Å². The van der Waals surface area contributed by atoms with Gasteiger partial charge in [-0.05, 0) is 30.5 Å². The van der Waals surface area contributed by atoms with Crippen LogP contribution in [0.3, 0.4) is 0 Å². The summed E-state index contributed by atoms with van der Waals surface area (Å²) in [6.07, 6.45) is 0.141. The number of benzene rings is 1. The molecule has 3 nitrogen and oxygen atoms in total. The maximum absolute atomic E-state index is 13.0. The van der Waals surface area contributed by atoms with E-state index in [1.807, 2.05) is 0 Å². The van der Waals surface area contributed by atoms with E-state index in [9.17, 15) is 9.18 Å². The summed E-state index contributed by atoms with van der Waals surface area (Å²) in [6, 6.07) is 3.20. The SMILES string of the molecule is [2H]Cc1cc(C[C@H](N)C(=O)O)ccc1F. The van der Waals surface area contributed by atoms with Crippen LogP contribution in [0, 0.1) is 12.7 Å². The second-order valence-electron chi connectivity index (χ2n) is 3.07. The standard InChI is InChI=1S/C10H12FNO2/c1-6-4-7(2-3-8(6)11)5-9(12)10(13)14/h2-4,9H,5,12H2,1H3,(H,13,14)/t9-/m0/s1/i1D.